The molecule has 0 aliphatic carbocycles. The molecular weight excluding hydrogens is 688 g/mol. The number of rotatable bonds is 16. The number of esters is 1. The third-order valence-electron chi connectivity index (χ3n) is 10.8. The highest BCUT2D eigenvalue weighted by molar-refractivity contribution is 5.99. The standard InChI is InChI=1S/C41H44N6O7/c1-3-5-20-34(49)53-25-30(27-14-8-6-9-15-27)42-38(50)35-33-21-22-41(54-33)36(35)39(51)47(32(24-48)28-16-10-7-11-17-28)37(41)40(52)45(23-4-2)26-46-31-19-13-12-18-29(31)43-44-46/h3-4,6-19,30,32-33,35-37,48H,1-2,5,20-26H2,(H,42,50)/t30-,32-,33+,35-,36-,37+,41-/m1/s1. The highest BCUT2D eigenvalue weighted by atomic mass is 16.5. The molecule has 7 atom stereocenters. The van der Waals surface area contributed by atoms with Crippen molar-refractivity contribution in [3.8, 4) is 0 Å². The number of carbonyl (C=O) groups excluding carboxylic acids is 4. The van der Waals surface area contributed by atoms with Crippen LogP contribution in [0, 0.1) is 11.8 Å². The van der Waals surface area contributed by atoms with Crippen LogP contribution in [-0.2, 0) is 35.3 Å². The van der Waals surface area contributed by atoms with E-state index < -0.39 is 72.0 Å². The number of hydrogen-bond donors (Lipinski definition) is 2. The van der Waals surface area contributed by atoms with Crippen molar-refractivity contribution >= 4 is 34.7 Å². The average Bonchev–Trinajstić information content (AvgIpc) is 3.96. The maximum Gasteiger partial charge on any atom is 0.306 e. The second-order valence-electron chi connectivity index (χ2n) is 14.0. The second kappa shape index (κ2) is 15.7. The number of ether oxygens (including phenoxy) is 2. The van der Waals surface area contributed by atoms with E-state index in [0.717, 1.165) is 11.1 Å². The van der Waals surface area contributed by atoms with Crippen molar-refractivity contribution in [2.75, 3.05) is 19.8 Å². The van der Waals surface area contributed by atoms with E-state index in [2.05, 4.69) is 28.8 Å². The quantitative estimate of drug-likeness (QED) is 0.129. The summed E-state index contributed by atoms with van der Waals surface area (Å²) in [5.41, 5.74) is 1.39. The summed E-state index contributed by atoms with van der Waals surface area (Å²) in [6, 6.07) is 22.8. The molecule has 0 saturated carbocycles. The lowest BCUT2D eigenvalue weighted by Gasteiger charge is -2.39. The first kappa shape index (κ1) is 36.7. The van der Waals surface area contributed by atoms with Crippen LogP contribution in [0.25, 0.3) is 11.0 Å². The van der Waals surface area contributed by atoms with E-state index in [-0.39, 0.29) is 26.2 Å². The van der Waals surface area contributed by atoms with Gasteiger partial charge in [0.25, 0.3) is 0 Å². The summed E-state index contributed by atoms with van der Waals surface area (Å²) in [5, 5.41) is 22.5. The average molecular weight is 733 g/mol. The number of aromatic nitrogens is 3. The van der Waals surface area contributed by atoms with E-state index in [4.69, 9.17) is 9.47 Å². The molecule has 280 valence electrons. The molecule has 4 aromatic rings. The third kappa shape index (κ3) is 6.69. The number of fused-ring (bicyclic) bond motifs is 2. The Labute approximate surface area is 313 Å². The molecule has 3 saturated heterocycles. The molecule has 3 amide bonds. The lowest BCUT2D eigenvalue weighted by Crippen LogP contribution is -2.57. The fourth-order valence-electron chi connectivity index (χ4n) is 8.41. The van der Waals surface area contributed by atoms with Crippen LogP contribution in [0.2, 0.25) is 0 Å². The Balaban J connectivity index is 1.24. The normalized spacial score (nSPS) is 23.8. The van der Waals surface area contributed by atoms with Gasteiger partial charge < -0.3 is 29.7 Å². The number of aliphatic hydroxyl groups excluding tert-OH is 1. The molecule has 1 aromatic heterocycles. The van der Waals surface area contributed by atoms with Gasteiger partial charge in [-0.15, -0.1) is 18.3 Å². The molecule has 3 aromatic carbocycles. The summed E-state index contributed by atoms with van der Waals surface area (Å²) in [6.07, 6.45) is 4.01. The lowest BCUT2D eigenvalue weighted by molar-refractivity contribution is -0.152. The van der Waals surface area contributed by atoms with Crippen LogP contribution in [0.1, 0.15) is 48.9 Å². The Bertz CT molecular complexity index is 2020. The summed E-state index contributed by atoms with van der Waals surface area (Å²) in [6.45, 7) is 7.10. The first-order valence-corrected chi connectivity index (χ1v) is 18.3. The Hall–Kier alpha value is -5.66. The molecule has 3 aliphatic rings. The van der Waals surface area contributed by atoms with Crippen molar-refractivity contribution in [1.29, 1.82) is 0 Å². The van der Waals surface area contributed by atoms with Gasteiger partial charge in [0.1, 0.15) is 30.4 Å². The second-order valence-corrected chi connectivity index (χ2v) is 14.0. The van der Waals surface area contributed by atoms with Crippen LogP contribution >= 0.6 is 0 Å². The van der Waals surface area contributed by atoms with E-state index in [1.54, 1.807) is 46.0 Å². The molecule has 54 heavy (non-hydrogen) atoms. The summed E-state index contributed by atoms with van der Waals surface area (Å²) < 4.78 is 13.9. The molecule has 0 unspecified atom stereocenters. The van der Waals surface area contributed by atoms with Gasteiger partial charge in [-0.1, -0.05) is 90.2 Å². The highest BCUT2D eigenvalue weighted by Crippen LogP contribution is 2.60. The monoisotopic (exact) mass is 732 g/mol. The summed E-state index contributed by atoms with van der Waals surface area (Å²) in [5.74, 6) is -3.70. The minimum Gasteiger partial charge on any atom is -0.463 e. The maximum absolute atomic E-state index is 15.1. The van der Waals surface area contributed by atoms with Crippen LogP contribution in [0.5, 0.6) is 0 Å². The van der Waals surface area contributed by atoms with Crippen molar-refractivity contribution in [3.63, 3.8) is 0 Å². The van der Waals surface area contributed by atoms with Crippen LogP contribution in [0.15, 0.2) is 110 Å². The van der Waals surface area contributed by atoms with Crippen LogP contribution in [0.3, 0.4) is 0 Å². The Morgan fingerprint density at radius 2 is 1.72 bits per heavy atom. The minimum atomic E-state index is -1.35. The van der Waals surface area contributed by atoms with Crippen molar-refractivity contribution < 1.29 is 33.8 Å². The number of benzene rings is 3. The number of nitrogens with one attached hydrogen (secondary N) is 1. The van der Waals surface area contributed by atoms with Gasteiger partial charge in [0.2, 0.25) is 17.7 Å². The number of aliphatic hydroxyl groups is 1. The Morgan fingerprint density at radius 1 is 1.02 bits per heavy atom. The van der Waals surface area contributed by atoms with E-state index in [9.17, 15) is 19.5 Å². The number of para-hydroxylation sites is 1. The third-order valence-corrected chi connectivity index (χ3v) is 10.8. The van der Waals surface area contributed by atoms with Crippen LogP contribution < -0.4 is 5.32 Å². The number of carbonyl (C=O) groups is 4. The maximum atomic E-state index is 15.1. The molecule has 0 radical (unpaired) electrons. The van der Waals surface area contributed by atoms with Gasteiger partial charge in [0.05, 0.1) is 42.1 Å². The molecular formula is C41H44N6O7. The Kier molecular flexibility index (Phi) is 10.7. The predicted octanol–water partition coefficient (Wildman–Crippen LogP) is 3.88. The largest absolute Gasteiger partial charge is 0.463 e. The summed E-state index contributed by atoms with van der Waals surface area (Å²) in [4.78, 5) is 60.0. The fourth-order valence-corrected chi connectivity index (χ4v) is 8.41. The van der Waals surface area contributed by atoms with Gasteiger partial charge in [-0.25, -0.2) is 4.68 Å². The van der Waals surface area contributed by atoms with E-state index in [0.29, 0.717) is 30.3 Å². The minimum absolute atomic E-state index is 0.0113. The van der Waals surface area contributed by atoms with E-state index >= 15 is 4.79 Å². The molecule has 3 aliphatic heterocycles. The van der Waals surface area contributed by atoms with Gasteiger partial charge in [-0.05, 0) is 42.5 Å². The summed E-state index contributed by atoms with van der Waals surface area (Å²) in [7, 11) is 0. The lowest BCUT2D eigenvalue weighted by atomic mass is 9.70. The molecule has 7 rings (SSSR count). The predicted molar refractivity (Wildman–Crippen MR) is 198 cm³/mol. The SMILES string of the molecule is C=CCCC(=O)OC[C@@H](NC(=O)[C@@H]1[C@@H]2CC[C@]3(O2)[C@H](C(=O)N(CC=C)Cn2nnc4ccccc42)N([C@H](CO)c2ccccc2)C(=O)[C@@H]13)c1ccccc1. The van der Waals surface area contributed by atoms with Crippen molar-refractivity contribution in [2.45, 2.75) is 62.2 Å². The zero-order chi connectivity index (χ0) is 37.8. The molecule has 3 fully saturated rings. The van der Waals surface area contributed by atoms with Crippen LogP contribution in [-0.4, -0.2) is 91.1 Å². The number of hydrogen-bond acceptors (Lipinski definition) is 9. The van der Waals surface area contributed by atoms with Gasteiger partial charge in [0, 0.05) is 13.0 Å². The number of amides is 3. The molecule has 1 spiro atoms. The van der Waals surface area contributed by atoms with E-state index in [1.807, 2.05) is 60.7 Å². The van der Waals surface area contributed by atoms with Gasteiger partial charge >= 0.3 is 5.97 Å². The van der Waals surface area contributed by atoms with Crippen molar-refractivity contribution in [2.24, 2.45) is 11.8 Å². The molecule has 4 heterocycles. The van der Waals surface area contributed by atoms with Gasteiger partial charge in [0.15, 0.2) is 0 Å². The van der Waals surface area contributed by atoms with Crippen molar-refractivity contribution in [3.05, 3.63) is 121 Å². The first-order chi connectivity index (χ1) is 26.3. The van der Waals surface area contributed by atoms with Gasteiger partial charge in [-0.2, -0.15) is 0 Å². The Morgan fingerprint density at radius 3 is 2.43 bits per heavy atom. The molecule has 2 N–H and O–H groups in total. The van der Waals surface area contributed by atoms with E-state index in [1.165, 1.54) is 4.90 Å². The highest BCUT2D eigenvalue weighted by Gasteiger charge is 2.75. The first-order valence-electron chi connectivity index (χ1n) is 18.3. The smallest absolute Gasteiger partial charge is 0.306 e. The number of likely N-dealkylation sites (tertiary alicyclic amines) is 1. The topological polar surface area (TPSA) is 156 Å². The number of allylic oxidation sites excluding steroid dienone is 1. The van der Waals surface area contributed by atoms with Crippen molar-refractivity contribution in [1.82, 2.24) is 30.1 Å². The molecule has 13 nitrogen and oxygen atoms in total. The van der Waals surface area contributed by atoms with Gasteiger partial charge in [-0.3, -0.25) is 19.2 Å². The number of nitrogens with zero attached hydrogens (tertiary/aromatic N) is 5. The zero-order valence-electron chi connectivity index (χ0n) is 29.9. The molecule has 13 heteroatoms. The zero-order valence-corrected chi connectivity index (χ0v) is 29.9. The summed E-state index contributed by atoms with van der Waals surface area (Å²) >= 11 is 0. The van der Waals surface area contributed by atoms with Crippen LogP contribution in [0.4, 0.5) is 0 Å². The fraction of sp³-hybridized carbons (Fsp3) is 0.366. The molecule has 2 bridgehead atoms.